The van der Waals surface area contributed by atoms with Crippen LogP contribution in [0.2, 0.25) is 10.0 Å². The highest BCUT2D eigenvalue weighted by molar-refractivity contribution is 7.89. The zero-order valence-corrected chi connectivity index (χ0v) is 21.0. The molecule has 1 aromatic heterocycles. The minimum Gasteiger partial charge on any atom is -0.373 e. The van der Waals surface area contributed by atoms with Crippen molar-refractivity contribution in [2.45, 2.75) is 31.0 Å². The maximum absolute atomic E-state index is 13.2. The lowest BCUT2D eigenvalue weighted by Crippen LogP contribution is -2.48. The summed E-state index contributed by atoms with van der Waals surface area (Å²) in [5, 5.41) is 7.63. The van der Waals surface area contributed by atoms with E-state index in [0.717, 1.165) is 5.56 Å². The zero-order valence-electron chi connectivity index (χ0n) is 17.9. The second-order valence-corrected chi connectivity index (χ2v) is 11.3. The Morgan fingerprint density at radius 3 is 2.67 bits per heavy atom. The van der Waals surface area contributed by atoms with Gasteiger partial charge in [-0.25, -0.2) is 13.4 Å². The number of thiazole rings is 1. The topological polar surface area (TPSA) is 83.9 Å². The summed E-state index contributed by atoms with van der Waals surface area (Å²) >= 11 is 13.4. The number of benzene rings is 2. The molecule has 2 atom stereocenters. The van der Waals surface area contributed by atoms with Crippen LogP contribution in [0, 0.1) is 0 Å². The fraction of sp³-hybridized carbons (Fsp3) is 0.273. The van der Waals surface area contributed by atoms with E-state index in [0.29, 0.717) is 39.5 Å². The molecule has 0 radical (unpaired) electrons. The van der Waals surface area contributed by atoms with E-state index >= 15 is 0 Å². The molecule has 1 saturated heterocycles. The van der Waals surface area contributed by atoms with Crippen molar-refractivity contribution in [2.75, 3.05) is 18.5 Å². The number of morpholine rings is 1. The summed E-state index contributed by atoms with van der Waals surface area (Å²) in [4.78, 5) is 4.75. The Morgan fingerprint density at radius 2 is 1.94 bits per heavy atom. The van der Waals surface area contributed by atoms with E-state index in [9.17, 15) is 8.42 Å². The maximum Gasteiger partial charge on any atom is 0.243 e. The van der Waals surface area contributed by atoms with Crippen LogP contribution in [0.15, 0.2) is 57.8 Å². The number of rotatable bonds is 6. The van der Waals surface area contributed by atoms with Gasteiger partial charge >= 0.3 is 0 Å². The second-order valence-electron chi connectivity index (χ2n) is 7.68. The van der Waals surface area contributed by atoms with Crippen molar-refractivity contribution in [3.05, 3.63) is 63.5 Å². The molecular weight excluding hydrogens is 503 g/mol. The van der Waals surface area contributed by atoms with Crippen molar-refractivity contribution in [3.63, 3.8) is 0 Å². The van der Waals surface area contributed by atoms with Crippen molar-refractivity contribution < 1.29 is 13.2 Å². The van der Waals surface area contributed by atoms with Gasteiger partial charge in [-0.3, -0.25) is 5.43 Å². The predicted molar refractivity (Wildman–Crippen MR) is 134 cm³/mol. The van der Waals surface area contributed by atoms with E-state index in [2.05, 4.69) is 15.5 Å². The van der Waals surface area contributed by atoms with Crippen LogP contribution in [-0.4, -0.2) is 49.2 Å². The number of ether oxygens (including phenoxy) is 1. The number of sulfonamides is 1. The van der Waals surface area contributed by atoms with E-state index in [-0.39, 0.29) is 17.1 Å². The summed E-state index contributed by atoms with van der Waals surface area (Å²) in [6, 6.07) is 12.0. The molecule has 0 spiro atoms. The SMILES string of the molecule is CC1CN(S(=O)(=O)c2cccc(-c3csc(NN=Cc4ccc(Cl)cc4Cl)n3)c2)CC(C)O1. The first-order valence-electron chi connectivity index (χ1n) is 10.2. The number of hydrogen-bond donors (Lipinski definition) is 1. The van der Waals surface area contributed by atoms with Gasteiger partial charge in [0.25, 0.3) is 0 Å². The number of halogens is 2. The Morgan fingerprint density at radius 1 is 1.18 bits per heavy atom. The first kappa shape index (κ1) is 24.1. The van der Waals surface area contributed by atoms with Crippen molar-refractivity contribution in [1.82, 2.24) is 9.29 Å². The van der Waals surface area contributed by atoms with Crippen LogP contribution < -0.4 is 5.43 Å². The molecule has 2 unspecified atom stereocenters. The quantitative estimate of drug-likeness (QED) is 0.346. The van der Waals surface area contributed by atoms with Crippen LogP contribution in [0.3, 0.4) is 0 Å². The molecule has 174 valence electrons. The van der Waals surface area contributed by atoms with Crippen LogP contribution in [0.4, 0.5) is 5.13 Å². The van der Waals surface area contributed by atoms with Crippen molar-refractivity contribution in [1.29, 1.82) is 0 Å². The Labute approximate surface area is 207 Å². The van der Waals surface area contributed by atoms with E-state index in [4.69, 9.17) is 27.9 Å². The van der Waals surface area contributed by atoms with Crippen molar-refractivity contribution in [2.24, 2.45) is 5.10 Å². The molecule has 0 bridgehead atoms. The van der Waals surface area contributed by atoms with Crippen LogP contribution in [0.1, 0.15) is 19.4 Å². The van der Waals surface area contributed by atoms with Crippen LogP contribution in [-0.2, 0) is 14.8 Å². The Bertz CT molecular complexity index is 1270. The van der Waals surface area contributed by atoms with Gasteiger partial charge in [-0.1, -0.05) is 41.4 Å². The monoisotopic (exact) mass is 524 g/mol. The molecule has 0 aliphatic carbocycles. The Kier molecular flexibility index (Phi) is 7.37. The Hall–Kier alpha value is -2.01. The molecule has 4 rings (SSSR count). The summed E-state index contributed by atoms with van der Waals surface area (Å²) in [7, 11) is -3.64. The lowest BCUT2D eigenvalue weighted by atomic mass is 10.2. The number of hydrogen-bond acceptors (Lipinski definition) is 7. The summed E-state index contributed by atoms with van der Waals surface area (Å²) in [6.45, 7) is 4.41. The summed E-state index contributed by atoms with van der Waals surface area (Å²) < 4.78 is 33.5. The lowest BCUT2D eigenvalue weighted by Gasteiger charge is -2.34. The standard InChI is InChI=1S/C22H22Cl2N4O3S2/c1-14-11-28(12-15(2)31-14)33(29,30)19-5-3-4-16(8-19)21-13-32-22(26-21)27-25-10-17-6-7-18(23)9-20(17)24/h3-10,13-15H,11-12H2,1-2H3,(H,26,27). The highest BCUT2D eigenvalue weighted by Crippen LogP contribution is 2.29. The first-order chi connectivity index (χ1) is 15.7. The minimum atomic E-state index is -3.64. The van der Waals surface area contributed by atoms with E-state index in [1.807, 2.05) is 25.3 Å². The molecule has 33 heavy (non-hydrogen) atoms. The molecule has 0 saturated carbocycles. The lowest BCUT2D eigenvalue weighted by molar-refractivity contribution is -0.0440. The zero-order chi connectivity index (χ0) is 23.6. The number of aromatic nitrogens is 1. The van der Waals surface area contributed by atoms with Crippen molar-refractivity contribution >= 4 is 55.9 Å². The van der Waals surface area contributed by atoms with Gasteiger partial charge in [-0.2, -0.15) is 9.41 Å². The third-order valence-corrected chi connectivity index (χ3v) is 8.12. The first-order valence-corrected chi connectivity index (χ1v) is 13.3. The van der Waals surface area contributed by atoms with Gasteiger partial charge in [-0.05, 0) is 38.1 Å². The van der Waals surface area contributed by atoms with Crippen molar-refractivity contribution in [3.8, 4) is 11.3 Å². The summed E-state index contributed by atoms with van der Waals surface area (Å²) in [5.41, 5.74) is 4.96. The second kappa shape index (κ2) is 10.1. The number of anilines is 1. The van der Waals surface area contributed by atoms with E-state index < -0.39 is 10.0 Å². The smallest absolute Gasteiger partial charge is 0.243 e. The molecule has 1 aliphatic heterocycles. The third kappa shape index (κ3) is 5.74. The largest absolute Gasteiger partial charge is 0.373 e. The van der Waals surface area contributed by atoms with Gasteiger partial charge < -0.3 is 4.74 Å². The molecule has 1 fully saturated rings. The van der Waals surface area contributed by atoms with Crippen LogP contribution in [0.5, 0.6) is 0 Å². The molecule has 0 amide bonds. The highest BCUT2D eigenvalue weighted by Gasteiger charge is 2.32. The average molecular weight is 525 g/mol. The van der Waals surface area contributed by atoms with Gasteiger partial charge in [0.2, 0.25) is 15.2 Å². The molecule has 7 nitrogen and oxygen atoms in total. The van der Waals surface area contributed by atoms with Gasteiger partial charge in [0.15, 0.2) is 0 Å². The summed E-state index contributed by atoms with van der Waals surface area (Å²) in [6.07, 6.45) is 1.28. The van der Waals surface area contributed by atoms with Gasteiger partial charge in [0.05, 0.1) is 34.0 Å². The van der Waals surface area contributed by atoms with Crippen LogP contribution in [0.25, 0.3) is 11.3 Å². The minimum absolute atomic E-state index is 0.151. The normalized spacial score (nSPS) is 19.8. The number of nitrogens with one attached hydrogen (secondary N) is 1. The molecule has 2 heterocycles. The third-order valence-electron chi connectivity index (χ3n) is 4.98. The van der Waals surface area contributed by atoms with Gasteiger partial charge in [-0.15, -0.1) is 11.3 Å². The fourth-order valence-corrected chi connectivity index (χ4v) is 6.28. The maximum atomic E-state index is 13.2. The number of nitrogens with zero attached hydrogens (tertiary/aromatic N) is 3. The highest BCUT2D eigenvalue weighted by atomic mass is 35.5. The fourth-order valence-electron chi connectivity index (χ4n) is 3.51. The van der Waals surface area contributed by atoms with E-state index in [1.54, 1.807) is 42.6 Å². The average Bonchev–Trinajstić information content (AvgIpc) is 3.24. The Balaban J connectivity index is 1.49. The molecular formula is C22H22Cl2N4O3S2. The van der Waals surface area contributed by atoms with Gasteiger partial charge in [0, 0.05) is 34.6 Å². The molecule has 1 aliphatic rings. The molecule has 3 aromatic rings. The predicted octanol–water partition coefficient (Wildman–Crippen LogP) is 5.36. The molecule has 1 N–H and O–H groups in total. The summed E-state index contributed by atoms with van der Waals surface area (Å²) in [5.74, 6) is 0. The van der Waals surface area contributed by atoms with Gasteiger partial charge in [0.1, 0.15) is 0 Å². The number of hydrazone groups is 1. The molecule has 11 heteroatoms. The van der Waals surface area contributed by atoms with E-state index in [1.165, 1.54) is 15.6 Å². The molecule has 2 aromatic carbocycles. The van der Waals surface area contributed by atoms with Crippen LogP contribution >= 0.6 is 34.5 Å².